The maximum Gasteiger partial charge on any atom is 0.0462 e. The molecule has 0 radical (unpaired) electrons. The molecule has 5 aromatic carbocycles. The van der Waals surface area contributed by atoms with E-state index in [1.807, 2.05) is 27.7 Å². The van der Waals surface area contributed by atoms with Crippen molar-refractivity contribution < 1.29 is 0 Å². The largest absolute Gasteiger partial charge is 0.311 e. The molecule has 0 atom stereocenters. The Morgan fingerprint density at radius 1 is 0.361 bits per heavy atom. The molecule has 0 heterocycles. The Morgan fingerprint density at radius 3 is 1.00 bits per heavy atom. The van der Waals surface area contributed by atoms with Gasteiger partial charge in [-0.2, -0.15) is 0 Å². The van der Waals surface area contributed by atoms with Gasteiger partial charge in [-0.15, -0.1) is 0 Å². The minimum Gasteiger partial charge on any atom is -0.311 e. The van der Waals surface area contributed by atoms with Crippen LogP contribution in [0, 0.1) is 3.57 Å². The first-order valence-electron chi connectivity index (χ1n) is 12.6. The van der Waals surface area contributed by atoms with E-state index in [1.165, 1.54) is 25.8 Å². The lowest BCUT2D eigenvalue weighted by Crippen LogP contribution is -2.09. The number of nitrogens with zero attached hydrogens (tertiary/aromatic N) is 1. The molecule has 0 amide bonds. The number of halogens is 1. The van der Waals surface area contributed by atoms with Crippen molar-refractivity contribution in [1.29, 1.82) is 0 Å². The van der Waals surface area contributed by atoms with Crippen molar-refractivity contribution in [1.82, 2.24) is 0 Å². The molecule has 36 heavy (non-hydrogen) atoms. The van der Waals surface area contributed by atoms with Gasteiger partial charge in [-0.05, 0) is 93.4 Å². The SMILES string of the molecule is CC.CC.Ic1ccc(-c2ccc(-c3ccc(N(c4ccccc4)c4ccccc4)cc3)cc2)cc1. The van der Waals surface area contributed by atoms with Crippen molar-refractivity contribution in [3.05, 3.63) is 137 Å². The zero-order valence-corrected chi connectivity index (χ0v) is 23.7. The van der Waals surface area contributed by atoms with Crippen LogP contribution in [0.5, 0.6) is 0 Å². The van der Waals surface area contributed by atoms with Crippen LogP contribution < -0.4 is 4.90 Å². The Kier molecular flexibility index (Phi) is 10.8. The Bertz CT molecular complexity index is 1240. The van der Waals surface area contributed by atoms with Gasteiger partial charge < -0.3 is 4.90 Å². The van der Waals surface area contributed by atoms with Gasteiger partial charge in [0.25, 0.3) is 0 Å². The van der Waals surface area contributed by atoms with Crippen LogP contribution in [0.1, 0.15) is 27.7 Å². The van der Waals surface area contributed by atoms with Crippen LogP contribution in [0.15, 0.2) is 133 Å². The lowest BCUT2D eigenvalue weighted by molar-refractivity contribution is 1.28. The molecular formula is C34H34IN. The van der Waals surface area contributed by atoms with Gasteiger partial charge in [0.1, 0.15) is 0 Å². The van der Waals surface area contributed by atoms with Crippen molar-refractivity contribution in [2.24, 2.45) is 0 Å². The summed E-state index contributed by atoms with van der Waals surface area (Å²) in [5.41, 5.74) is 8.35. The highest BCUT2D eigenvalue weighted by molar-refractivity contribution is 14.1. The zero-order chi connectivity index (χ0) is 25.8. The topological polar surface area (TPSA) is 3.24 Å². The molecular weight excluding hydrogens is 549 g/mol. The van der Waals surface area contributed by atoms with E-state index in [0.717, 1.165) is 17.1 Å². The van der Waals surface area contributed by atoms with Crippen molar-refractivity contribution in [2.45, 2.75) is 27.7 Å². The Labute approximate surface area is 230 Å². The first kappa shape index (κ1) is 27.2. The van der Waals surface area contributed by atoms with Gasteiger partial charge in [0.2, 0.25) is 0 Å². The van der Waals surface area contributed by atoms with E-state index in [9.17, 15) is 0 Å². The van der Waals surface area contributed by atoms with Crippen LogP contribution in [-0.4, -0.2) is 0 Å². The lowest BCUT2D eigenvalue weighted by Gasteiger charge is -2.25. The molecule has 1 nitrogen and oxygen atoms in total. The van der Waals surface area contributed by atoms with Gasteiger partial charge in [-0.25, -0.2) is 0 Å². The summed E-state index contributed by atoms with van der Waals surface area (Å²) in [4.78, 5) is 2.28. The number of anilines is 3. The summed E-state index contributed by atoms with van der Waals surface area (Å²) in [5.74, 6) is 0. The fourth-order valence-electron chi connectivity index (χ4n) is 3.90. The van der Waals surface area contributed by atoms with E-state index >= 15 is 0 Å². The Morgan fingerprint density at radius 2 is 0.639 bits per heavy atom. The second kappa shape index (κ2) is 14.3. The minimum absolute atomic E-state index is 1.14. The van der Waals surface area contributed by atoms with Crippen molar-refractivity contribution in [2.75, 3.05) is 4.90 Å². The lowest BCUT2D eigenvalue weighted by atomic mass is 10.00. The zero-order valence-electron chi connectivity index (χ0n) is 21.5. The molecule has 5 rings (SSSR count). The van der Waals surface area contributed by atoms with Crippen LogP contribution >= 0.6 is 22.6 Å². The number of benzene rings is 5. The summed E-state index contributed by atoms with van der Waals surface area (Å²) < 4.78 is 1.25. The average molecular weight is 584 g/mol. The normalized spacial score (nSPS) is 9.81. The maximum atomic E-state index is 2.34. The monoisotopic (exact) mass is 583 g/mol. The third-order valence-corrected chi connectivity index (χ3v) is 6.27. The molecule has 0 N–H and O–H groups in total. The summed E-state index contributed by atoms with van der Waals surface area (Å²) in [6.45, 7) is 8.00. The third-order valence-electron chi connectivity index (χ3n) is 5.55. The van der Waals surface area contributed by atoms with E-state index in [0.29, 0.717) is 0 Å². The summed E-state index contributed by atoms with van der Waals surface area (Å²) in [6.07, 6.45) is 0. The van der Waals surface area contributed by atoms with E-state index < -0.39 is 0 Å². The summed E-state index contributed by atoms with van der Waals surface area (Å²) in [5, 5.41) is 0. The highest BCUT2D eigenvalue weighted by Crippen LogP contribution is 2.35. The van der Waals surface area contributed by atoms with Gasteiger partial charge in [0.15, 0.2) is 0 Å². The van der Waals surface area contributed by atoms with E-state index in [-0.39, 0.29) is 0 Å². The fraction of sp³-hybridized carbons (Fsp3) is 0.118. The molecule has 182 valence electrons. The molecule has 0 unspecified atom stereocenters. The van der Waals surface area contributed by atoms with Gasteiger partial charge in [0, 0.05) is 20.6 Å². The van der Waals surface area contributed by atoms with Crippen molar-refractivity contribution >= 4 is 39.7 Å². The summed E-state index contributed by atoms with van der Waals surface area (Å²) in [6, 6.07) is 47.2. The van der Waals surface area contributed by atoms with E-state index in [4.69, 9.17) is 0 Å². The summed E-state index contributed by atoms with van der Waals surface area (Å²) >= 11 is 2.34. The average Bonchev–Trinajstić information content (AvgIpc) is 2.97. The van der Waals surface area contributed by atoms with Gasteiger partial charge in [-0.3, -0.25) is 0 Å². The molecule has 0 aliphatic carbocycles. The Balaban J connectivity index is 0.000000861. The molecule has 0 saturated carbocycles. The highest BCUT2D eigenvalue weighted by atomic mass is 127. The smallest absolute Gasteiger partial charge is 0.0462 e. The van der Waals surface area contributed by atoms with Crippen LogP contribution in [-0.2, 0) is 0 Å². The predicted molar refractivity (Wildman–Crippen MR) is 167 cm³/mol. The first-order valence-corrected chi connectivity index (χ1v) is 13.7. The molecule has 5 aromatic rings. The fourth-order valence-corrected chi connectivity index (χ4v) is 4.26. The molecule has 0 bridgehead atoms. The van der Waals surface area contributed by atoms with Gasteiger partial charge in [0.05, 0.1) is 0 Å². The second-order valence-corrected chi connectivity index (χ2v) is 8.88. The first-order chi connectivity index (χ1) is 17.8. The molecule has 0 saturated heterocycles. The molecule has 0 aromatic heterocycles. The molecule has 2 heteroatoms. The molecule has 0 aliphatic heterocycles. The van der Waals surface area contributed by atoms with Crippen LogP contribution in [0.3, 0.4) is 0 Å². The van der Waals surface area contributed by atoms with E-state index in [1.54, 1.807) is 0 Å². The minimum atomic E-state index is 1.14. The van der Waals surface area contributed by atoms with E-state index in [2.05, 4.69) is 161 Å². The standard InChI is InChI=1S/C30H22IN.2C2H6/c31-27-19-15-25(16-20-27)23-11-13-24(14-12-23)26-17-21-30(22-18-26)32(28-7-3-1-4-8-28)29-9-5-2-6-10-29;2*1-2/h1-22H;2*1-2H3. The third kappa shape index (κ3) is 6.86. The number of rotatable bonds is 5. The van der Waals surface area contributed by atoms with Crippen LogP contribution in [0.4, 0.5) is 17.1 Å². The number of hydrogen-bond donors (Lipinski definition) is 0. The molecule has 0 spiro atoms. The van der Waals surface area contributed by atoms with Gasteiger partial charge >= 0.3 is 0 Å². The van der Waals surface area contributed by atoms with Crippen molar-refractivity contribution in [3.8, 4) is 22.3 Å². The Hall–Kier alpha value is -3.37. The second-order valence-electron chi connectivity index (χ2n) is 7.64. The van der Waals surface area contributed by atoms with Crippen molar-refractivity contribution in [3.63, 3.8) is 0 Å². The maximum absolute atomic E-state index is 2.34. The molecule has 0 fully saturated rings. The highest BCUT2D eigenvalue weighted by Gasteiger charge is 2.11. The number of hydrogen-bond acceptors (Lipinski definition) is 1. The van der Waals surface area contributed by atoms with Crippen LogP contribution in [0.25, 0.3) is 22.3 Å². The quantitative estimate of drug-likeness (QED) is 0.186. The van der Waals surface area contributed by atoms with Crippen LogP contribution in [0.2, 0.25) is 0 Å². The van der Waals surface area contributed by atoms with Gasteiger partial charge in [-0.1, -0.05) is 113 Å². The number of para-hydroxylation sites is 2. The predicted octanol–water partition coefficient (Wildman–Crippen LogP) is 11.1. The summed E-state index contributed by atoms with van der Waals surface area (Å²) in [7, 11) is 0. The molecule has 0 aliphatic rings.